The predicted molar refractivity (Wildman–Crippen MR) is 115 cm³/mol. The fourth-order valence-electron chi connectivity index (χ4n) is 3.51. The minimum absolute atomic E-state index is 0.806. The molecule has 0 bridgehead atoms. The topological polar surface area (TPSA) is 29.5 Å². The SMILES string of the molecule is CCN1C(=CC=Cc2occ(-c3ccccc3)[n+]2CC)OC=C1c1ccccc1. The fourth-order valence-corrected chi connectivity index (χ4v) is 3.51. The number of hydrogen-bond donors (Lipinski definition) is 0. The first-order chi connectivity index (χ1) is 14.3. The molecule has 0 amide bonds. The maximum absolute atomic E-state index is 5.83. The van der Waals surface area contributed by atoms with Crippen molar-refractivity contribution in [1.29, 1.82) is 0 Å². The summed E-state index contributed by atoms with van der Waals surface area (Å²) in [5.74, 6) is 1.61. The van der Waals surface area contributed by atoms with E-state index in [1.165, 1.54) is 0 Å². The molecule has 4 rings (SSSR count). The van der Waals surface area contributed by atoms with Crippen LogP contribution in [0.15, 0.2) is 95.6 Å². The third kappa shape index (κ3) is 3.87. The van der Waals surface area contributed by atoms with E-state index in [1.807, 2.05) is 67.2 Å². The van der Waals surface area contributed by atoms with Crippen molar-refractivity contribution in [3.8, 4) is 11.3 Å². The summed E-state index contributed by atoms with van der Waals surface area (Å²) in [6.07, 6.45) is 9.54. The highest BCUT2D eigenvalue weighted by molar-refractivity contribution is 5.66. The first-order valence-electron chi connectivity index (χ1n) is 9.96. The van der Waals surface area contributed by atoms with Gasteiger partial charge in [-0.1, -0.05) is 48.5 Å². The zero-order chi connectivity index (χ0) is 20.1. The molecule has 2 aromatic carbocycles. The first kappa shape index (κ1) is 18.8. The van der Waals surface area contributed by atoms with Crippen molar-refractivity contribution in [2.45, 2.75) is 20.4 Å². The van der Waals surface area contributed by atoms with Gasteiger partial charge in [-0.2, -0.15) is 4.57 Å². The first-order valence-corrected chi connectivity index (χ1v) is 9.96. The van der Waals surface area contributed by atoms with Crippen LogP contribution in [0.2, 0.25) is 0 Å². The van der Waals surface area contributed by atoms with Gasteiger partial charge in [0, 0.05) is 17.7 Å². The maximum Gasteiger partial charge on any atom is 0.373 e. The van der Waals surface area contributed by atoms with E-state index in [2.05, 4.69) is 47.6 Å². The summed E-state index contributed by atoms with van der Waals surface area (Å²) in [4.78, 5) is 2.16. The van der Waals surface area contributed by atoms with Gasteiger partial charge in [0.1, 0.15) is 12.8 Å². The monoisotopic (exact) mass is 385 g/mol. The molecule has 0 radical (unpaired) electrons. The largest absolute Gasteiger partial charge is 0.446 e. The summed E-state index contributed by atoms with van der Waals surface area (Å²) in [5, 5.41) is 0. The van der Waals surface area contributed by atoms with Crippen LogP contribution in [0, 0.1) is 0 Å². The summed E-state index contributed by atoms with van der Waals surface area (Å²) < 4.78 is 13.8. The van der Waals surface area contributed by atoms with E-state index >= 15 is 0 Å². The molecule has 1 aliphatic rings. The zero-order valence-electron chi connectivity index (χ0n) is 16.8. The highest BCUT2D eigenvalue weighted by Gasteiger charge is 2.22. The maximum atomic E-state index is 5.83. The number of ether oxygens (including phenoxy) is 1. The number of benzene rings is 2. The van der Waals surface area contributed by atoms with Crippen LogP contribution >= 0.6 is 0 Å². The van der Waals surface area contributed by atoms with Crippen LogP contribution in [0.1, 0.15) is 25.3 Å². The molecule has 3 aromatic rings. The van der Waals surface area contributed by atoms with E-state index in [4.69, 9.17) is 9.15 Å². The van der Waals surface area contributed by atoms with Gasteiger partial charge in [-0.15, -0.1) is 0 Å². The van der Waals surface area contributed by atoms with Gasteiger partial charge in [0.25, 0.3) is 5.69 Å². The Bertz CT molecular complexity index is 1050. The van der Waals surface area contributed by atoms with E-state index in [0.717, 1.165) is 47.4 Å². The minimum Gasteiger partial charge on any atom is -0.446 e. The van der Waals surface area contributed by atoms with Crippen LogP contribution < -0.4 is 4.57 Å². The zero-order valence-corrected chi connectivity index (χ0v) is 16.8. The second-order valence-electron chi connectivity index (χ2n) is 6.66. The van der Waals surface area contributed by atoms with Crippen molar-refractivity contribution in [1.82, 2.24) is 4.90 Å². The predicted octanol–water partition coefficient (Wildman–Crippen LogP) is 5.46. The Morgan fingerprint density at radius 3 is 2.28 bits per heavy atom. The molecule has 29 heavy (non-hydrogen) atoms. The van der Waals surface area contributed by atoms with Crippen molar-refractivity contribution in [3.05, 3.63) is 103 Å². The molecule has 0 saturated heterocycles. The van der Waals surface area contributed by atoms with Gasteiger partial charge in [0.05, 0.1) is 11.8 Å². The van der Waals surface area contributed by atoms with Crippen LogP contribution in [-0.4, -0.2) is 11.4 Å². The van der Waals surface area contributed by atoms with Crippen LogP contribution in [0.3, 0.4) is 0 Å². The molecule has 0 atom stereocenters. The Balaban J connectivity index is 1.55. The molecular formula is C25H25N2O2+. The molecule has 0 N–H and O–H groups in total. The van der Waals surface area contributed by atoms with Crippen molar-refractivity contribution >= 4 is 11.8 Å². The lowest BCUT2D eigenvalue weighted by Crippen LogP contribution is -2.35. The Labute approximate surface area is 171 Å². The third-order valence-electron chi connectivity index (χ3n) is 4.95. The molecule has 0 fully saturated rings. The quantitative estimate of drug-likeness (QED) is 0.528. The average Bonchev–Trinajstić information content (AvgIpc) is 3.38. The smallest absolute Gasteiger partial charge is 0.373 e. The van der Waals surface area contributed by atoms with E-state index in [9.17, 15) is 0 Å². The molecule has 146 valence electrons. The summed E-state index contributed by atoms with van der Waals surface area (Å²) in [6.45, 7) is 5.89. The lowest BCUT2D eigenvalue weighted by atomic mass is 10.1. The third-order valence-corrected chi connectivity index (χ3v) is 4.95. The second-order valence-corrected chi connectivity index (χ2v) is 6.66. The summed E-state index contributed by atoms with van der Waals surface area (Å²) in [6, 6.07) is 20.6. The Morgan fingerprint density at radius 1 is 0.931 bits per heavy atom. The Kier molecular flexibility index (Phi) is 5.61. The summed E-state index contributed by atoms with van der Waals surface area (Å²) in [5.41, 5.74) is 4.43. The van der Waals surface area contributed by atoms with Gasteiger partial charge in [0.15, 0.2) is 12.1 Å². The normalized spacial score (nSPS) is 15.2. The van der Waals surface area contributed by atoms with Gasteiger partial charge in [0.2, 0.25) is 0 Å². The Morgan fingerprint density at radius 2 is 1.62 bits per heavy atom. The standard InChI is InChI=1S/C25H25N2O2/c1-3-26-22(20-12-7-5-8-13-20)18-28-24(26)16-11-17-25-27(4-2)23(19-29-25)21-14-9-6-10-15-21/h5-19H,3-4H2,1-2H3/q+1. The van der Waals surface area contributed by atoms with Crippen LogP contribution in [0.5, 0.6) is 0 Å². The average molecular weight is 385 g/mol. The number of nitrogens with zero attached hydrogens (tertiary/aromatic N) is 2. The van der Waals surface area contributed by atoms with Gasteiger partial charge >= 0.3 is 5.89 Å². The van der Waals surface area contributed by atoms with E-state index < -0.39 is 0 Å². The molecule has 0 spiro atoms. The van der Waals surface area contributed by atoms with Crippen molar-refractivity contribution in [3.63, 3.8) is 0 Å². The van der Waals surface area contributed by atoms with Crippen molar-refractivity contribution in [2.75, 3.05) is 6.54 Å². The second kappa shape index (κ2) is 8.65. The molecule has 0 aliphatic carbocycles. The molecule has 0 saturated carbocycles. The minimum atomic E-state index is 0.806. The molecule has 4 heteroatoms. The molecule has 0 unspecified atom stereocenters. The van der Waals surface area contributed by atoms with Crippen LogP contribution in [0.25, 0.3) is 23.0 Å². The number of hydrogen-bond acceptors (Lipinski definition) is 3. The van der Waals surface area contributed by atoms with Crippen molar-refractivity contribution < 1.29 is 13.7 Å². The van der Waals surface area contributed by atoms with E-state index in [-0.39, 0.29) is 0 Å². The van der Waals surface area contributed by atoms with Gasteiger partial charge < -0.3 is 14.1 Å². The number of allylic oxidation sites excluding steroid dienone is 2. The van der Waals surface area contributed by atoms with Gasteiger partial charge in [-0.05, 0) is 38.1 Å². The van der Waals surface area contributed by atoms with Gasteiger partial charge in [-0.25, -0.2) is 0 Å². The molecular weight excluding hydrogens is 360 g/mol. The number of oxazole rings is 1. The van der Waals surface area contributed by atoms with Gasteiger partial charge in [-0.3, -0.25) is 0 Å². The number of aromatic nitrogens is 1. The van der Waals surface area contributed by atoms with E-state index in [0.29, 0.717) is 0 Å². The van der Waals surface area contributed by atoms with Crippen LogP contribution in [-0.2, 0) is 11.3 Å². The number of rotatable bonds is 6. The molecule has 1 aliphatic heterocycles. The summed E-state index contributed by atoms with van der Waals surface area (Å²) in [7, 11) is 0. The van der Waals surface area contributed by atoms with E-state index in [1.54, 1.807) is 0 Å². The highest BCUT2D eigenvalue weighted by atomic mass is 16.5. The lowest BCUT2D eigenvalue weighted by molar-refractivity contribution is -0.688. The fraction of sp³-hybridized carbons (Fsp3) is 0.160. The highest BCUT2D eigenvalue weighted by Crippen LogP contribution is 2.30. The van der Waals surface area contributed by atoms with Crippen LogP contribution in [0.4, 0.5) is 0 Å². The molecule has 2 heterocycles. The summed E-state index contributed by atoms with van der Waals surface area (Å²) >= 11 is 0. The molecule has 1 aromatic heterocycles. The lowest BCUT2D eigenvalue weighted by Gasteiger charge is -2.19. The van der Waals surface area contributed by atoms with Crippen molar-refractivity contribution in [2.24, 2.45) is 0 Å². The molecule has 4 nitrogen and oxygen atoms in total. The Hall–Kier alpha value is -3.53.